The first-order valence-corrected chi connectivity index (χ1v) is 7.05. The van der Waals surface area contributed by atoms with E-state index in [1.807, 2.05) is 13.0 Å². The monoisotopic (exact) mass is 272 g/mol. The van der Waals surface area contributed by atoms with Crippen LogP contribution in [0.15, 0.2) is 36.5 Å². The second-order valence-corrected chi connectivity index (χ2v) is 5.58. The Morgan fingerprint density at radius 3 is 2.68 bits per heavy atom. The Labute approximate surface area is 118 Å². The van der Waals surface area contributed by atoms with Gasteiger partial charge >= 0.3 is 0 Å². The standard InChI is InChI=1S/C16H17ClN2/c1-11-8-15(16(17)19-9-11)18-10-12-2-4-13(5-3-12)14-6-7-14/h2-5,8-9,14,18H,6-7,10H2,1H3. The molecule has 0 bridgehead atoms. The van der Waals surface area contributed by atoms with Gasteiger partial charge in [-0.1, -0.05) is 35.9 Å². The van der Waals surface area contributed by atoms with Crippen molar-refractivity contribution in [2.75, 3.05) is 5.32 Å². The van der Waals surface area contributed by atoms with Crippen LogP contribution in [0.2, 0.25) is 5.15 Å². The molecule has 1 fully saturated rings. The van der Waals surface area contributed by atoms with Gasteiger partial charge in [-0.3, -0.25) is 0 Å². The van der Waals surface area contributed by atoms with Gasteiger partial charge in [-0.15, -0.1) is 0 Å². The molecule has 1 aromatic carbocycles. The number of nitrogens with one attached hydrogen (secondary N) is 1. The van der Waals surface area contributed by atoms with Crippen molar-refractivity contribution in [3.05, 3.63) is 58.4 Å². The Balaban J connectivity index is 1.66. The molecule has 0 unspecified atom stereocenters. The number of halogens is 1. The summed E-state index contributed by atoms with van der Waals surface area (Å²) in [5, 5.41) is 3.87. The molecule has 0 saturated heterocycles. The lowest BCUT2D eigenvalue weighted by Gasteiger charge is -2.09. The van der Waals surface area contributed by atoms with Crippen molar-refractivity contribution in [3.8, 4) is 0 Å². The summed E-state index contributed by atoms with van der Waals surface area (Å²) < 4.78 is 0. The van der Waals surface area contributed by atoms with Crippen molar-refractivity contribution >= 4 is 17.3 Å². The molecule has 1 aromatic heterocycles. The highest BCUT2D eigenvalue weighted by Gasteiger charge is 2.22. The van der Waals surface area contributed by atoms with Gasteiger partial charge in [-0.2, -0.15) is 0 Å². The number of benzene rings is 1. The summed E-state index contributed by atoms with van der Waals surface area (Å²) in [6.45, 7) is 2.79. The van der Waals surface area contributed by atoms with Gasteiger partial charge in [0.1, 0.15) is 0 Å². The van der Waals surface area contributed by atoms with Crippen LogP contribution >= 0.6 is 11.6 Å². The quantitative estimate of drug-likeness (QED) is 0.827. The van der Waals surface area contributed by atoms with E-state index >= 15 is 0 Å². The lowest BCUT2D eigenvalue weighted by atomic mass is 10.1. The van der Waals surface area contributed by atoms with E-state index < -0.39 is 0 Å². The van der Waals surface area contributed by atoms with Crippen LogP contribution in [0.5, 0.6) is 0 Å². The summed E-state index contributed by atoms with van der Waals surface area (Å²) in [4.78, 5) is 4.14. The molecule has 1 aliphatic carbocycles. The molecule has 19 heavy (non-hydrogen) atoms. The second-order valence-electron chi connectivity index (χ2n) is 5.22. The lowest BCUT2D eigenvalue weighted by Crippen LogP contribution is -2.01. The van der Waals surface area contributed by atoms with Gasteiger partial charge in [-0.25, -0.2) is 4.98 Å². The Kier molecular flexibility index (Phi) is 3.43. The summed E-state index contributed by atoms with van der Waals surface area (Å²) in [7, 11) is 0. The fraction of sp³-hybridized carbons (Fsp3) is 0.312. The molecular formula is C16H17ClN2. The van der Waals surface area contributed by atoms with Crippen molar-refractivity contribution in [2.45, 2.75) is 32.2 Å². The minimum atomic E-state index is 0.528. The maximum absolute atomic E-state index is 6.06. The number of aryl methyl sites for hydroxylation is 1. The lowest BCUT2D eigenvalue weighted by molar-refractivity contribution is 1.09. The van der Waals surface area contributed by atoms with E-state index in [-0.39, 0.29) is 0 Å². The molecule has 3 rings (SSSR count). The highest BCUT2D eigenvalue weighted by atomic mass is 35.5. The largest absolute Gasteiger partial charge is 0.378 e. The van der Waals surface area contributed by atoms with E-state index in [2.05, 4.69) is 34.6 Å². The van der Waals surface area contributed by atoms with Gasteiger partial charge in [0.05, 0.1) is 5.69 Å². The predicted octanol–water partition coefficient (Wildman–Crippen LogP) is 4.53. The molecule has 0 amide bonds. The highest BCUT2D eigenvalue weighted by Crippen LogP contribution is 2.39. The number of hydrogen-bond acceptors (Lipinski definition) is 2. The smallest absolute Gasteiger partial charge is 0.152 e. The third-order valence-electron chi connectivity index (χ3n) is 3.49. The first kappa shape index (κ1) is 12.5. The minimum Gasteiger partial charge on any atom is -0.378 e. The van der Waals surface area contributed by atoms with E-state index in [0.29, 0.717) is 5.15 Å². The van der Waals surface area contributed by atoms with Gasteiger partial charge in [0, 0.05) is 12.7 Å². The van der Waals surface area contributed by atoms with Crippen LogP contribution in [0.25, 0.3) is 0 Å². The van der Waals surface area contributed by atoms with E-state index in [9.17, 15) is 0 Å². The number of hydrogen-bond donors (Lipinski definition) is 1. The summed E-state index contributed by atoms with van der Waals surface area (Å²) in [5.74, 6) is 0.817. The number of anilines is 1. The SMILES string of the molecule is Cc1cnc(Cl)c(NCc2ccc(C3CC3)cc2)c1. The Morgan fingerprint density at radius 2 is 2.00 bits per heavy atom. The fourth-order valence-electron chi connectivity index (χ4n) is 2.20. The molecule has 2 nitrogen and oxygen atoms in total. The van der Waals surface area contributed by atoms with Crippen molar-refractivity contribution < 1.29 is 0 Å². The molecule has 3 heteroatoms. The molecular weight excluding hydrogens is 256 g/mol. The van der Waals surface area contributed by atoms with Crippen molar-refractivity contribution in [2.24, 2.45) is 0 Å². The van der Waals surface area contributed by atoms with E-state index in [1.54, 1.807) is 6.20 Å². The Morgan fingerprint density at radius 1 is 1.26 bits per heavy atom. The van der Waals surface area contributed by atoms with Crippen molar-refractivity contribution in [1.29, 1.82) is 0 Å². The zero-order valence-electron chi connectivity index (χ0n) is 11.0. The number of aromatic nitrogens is 1. The Bertz CT molecular complexity index is 574. The summed E-state index contributed by atoms with van der Waals surface area (Å²) in [5.41, 5.74) is 4.74. The third kappa shape index (κ3) is 3.07. The number of rotatable bonds is 4. The maximum Gasteiger partial charge on any atom is 0.152 e. The summed E-state index contributed by atoms with van der Waals surface area (Å²) >= 11 is 6.06. The Hall–Kier alpha value is -1.54. The third-order valence-corrected chi connectivity index (χ3v) is 3.79. The van der Waals surface area contributed by atoms with Crippen LogP contribution in [-0.4, -0.2) is 4.98 Å². The van der Waals surface area contributed by atoms with Crippen LogP contribution < -0.4 is 5.32 Å². The van der Waals surface area contributed by atoms with Gasteiger partial charge in [0.25, 0.3) is 0 Å². The first-order chi connectivity index (χ1) is 9.22. The molecule has 0 atom stereocenters. The van der Waals surface area contributed by atoms with Crippen LogP contribution in [0.1, 0.15) is 35.4 Å². The van der Waals surface area contributed by atoms with Crippen LogP contribution in [0.3, 0.4) is 0 Å². The van der Waals surface area contributed by atoms with Gasteiger partial charge < -0.3 is 5.32 Å². The highest BCUT2D eigenvalue weighted by molar-refractivity contribution is 6.31. The fourth-order valence-corrected chi connectivity index (χ4v) is 2.37. The van der Waals surface area contributed by atoms with Crippen LogP contribution in [0, 0.1) is 6.92 Å². The molecule has 0 spiro atoms. The van der Waals surface area contributed by atoms with Crippen molar-refractivity contribution in [3.63, 3.8) is 0 Å². The molecule has 0 aliphatic heterocycles. The number of pyridine rings is 1. The van der Waals surface area contributed by atoms with Gasteiger partial charge in [0.15, 0.2) is 5.15 Å². The predicted molar refractivity (Wildman–Crippen MR) is 79.7 cm³/mol. The van der Waals surface area contributed by atoms with E-state index in [4.69, 9.17) is 11.6 Å². The molecule has 1 aliphatic rings. The topological polar surface area (TPSA) is 24.9 Å². The average Bonchev–Trinajstić information content (AvgIpc) is 3.25. The van der Waals surface area contributed by atoms with E-state index in [0.717, 1.165) is 23.7 Å². The maximum atomic E-state index is 6.06. The second kappa shape index (κ2) is 5.22. The molecule has 0 radical (unpaired) electrons. The van der Waals surface area contributed by atoms with Gasteiger partial charge in [0.2, 0.25) is 0 Å². The number of nitrogens with zero attached hydrogens (tertiary/aromatic N) is 1. The van der Waals surface area contributed by atoms with Gasteiger partial charge in [-0.05, 0) is 48.4 Å². The molecule has 1 saturated carbocycles. The molecule has 2 aromatic rings. The molecule has 1 N–H and O–H groups in total. The average molecular weight is 273 g/mol. The van der Waals surface area contributed by atoms with Crippen molar-refractivity contribution in [1.82, 2.24) is 4.98 Å². The molecule has 98 valence electrons. The van der Waals surface area contributed by atoms with Crippen LogP contribution in [-0.2, 0) is 6.54 Å². The summed E-state index contributed by atoms with van der Waals surface area (Å²) in [6.07, 6.45) is 4.47. The van der Waals surface area contributed by atoms with Crippen LogP contribution in [0.4, 0.5) is 5.69 Å². The van der Waals surface area contributed by atoms with E-state index in [1.165, 1.54) is 24.0 Å². The zero-order valence-corrected chi connectivity index (χ0v) is 11.7. The molecule has 1 heterocycles. The summed E-state index contributed by atoms with van der Waals surface area (Å²) in [6, 6.07) is 10.9. The zero-order chi connectivity index (χ0) is 13.2. The minimum absolute atomic E-state index is 0.528. The first-order valence-electron chi connectivity index (χ1n) is 6.67. The normalized spacial score (nSPS) is 14.4.